The standard InChI is InChI=1S/C8H7FN2O3/c9-11(10-5-12)8(14)6-1-3-7(13)4-2-6/h1-5,13H,(H,10,12). The van der Waals surface area contributed by atoms with Gasteiger partial charge in [0.05, 0.1) is 0 Å². The summed E-state index contributed by atoms with van der Waals surface area (Å²) < 4.78 is 12.7. The number of nitrogens with one attached hydrogen (secondary N) is 1. The number of nitrogens with zero attached hydrogens (tertiary/aromatic N) is 1. The molecule has 0 saturated carbocycles. The number of phenols is 1. The highest BCUT2D eigenvalue weighted by atomic mass is 19.2. The maximum atomic E-state index is 12.7. The van der Waals surface area contributed by atoms with E-state index in [1.807, 2.05) is 0 Å². The van der Waals surface area contributed by atoms with Crippen LogP contribution in [0.15, 0.2) is 24.3 Å². The van der Waals surface area contributed by atoms with E-state index in [0.29, 0.717) is 0 Å². The average Bonchev–Trinajstić information content (AvgIpc) is 2.18. The van der Waals surface area contributed by atoms with Crippen LogP contribution in [0.4, 0.5) is 4.48 Å². The summed E-state index contributed by atoms with van der Waals surface area (Å²) in [5, 5.41) is 8.44. The first-order chi connectivity index (χ1) is 6.65. The number of aromatic hydroxyl groups is 1. The molecule has 0 fully saturated rings. The molecule has 74 valence electrons. The fourth-order valence-corrected chi connectivity index (χ4v) is 0.822. The van der Waals surface area contributed by atoms with Crippen LogP contribution in [0.25, 0.3) is 0 Å². The van der Waals surface area contributed by atoms with Gasteiger partial charge >= 0.3 is 5.91 Å². The van der Waals surface area contributed by atoms with Crippen LogP contribution in [0, 0.1) is 0 Å². The van der Waals surface area contributed by atoms with Crippen molar-refractivity contribution < 1.29 is 19.2 Å². The lowest BCUT2D eigenvalue weighted by Crippen LogP contribution is -2.35. The number of hydrogen-bond acceptors (Lipinski definition) is 3. The fraction of sp³-hybridized carbons (Fsp3) is 0. The van der Waals surface area contributed by atoms with Gasteiger partial charge in [-0.1, -0.05) is 9.71 Å². The molecule has 1 rings (SSSR count). The van der Waals surface area contributed by atoms with Crippen LogP contribution in [0.5, 0.6) is 5.75 Å². The fourth-order valence-electron chi connectivity index (χ4n) is 0.822. The van der Waals surface area contributed by atoms with Crippen LogP contribution < -0.4 is 5.43 Å². The summed E-state index contributed by atoms with van der Waals surface area (Å²) in [7, 11) is 0. The summed E-state index contributed by atoms with van der Waals surface area (Å²) in [4.78, 5) is 20.9. The molecule has 0 unspecified atom stereocenters. The van der Waals surface area contributed by atoms with Gasteiger partial charge in [-0.25, -0.2) is 5.43 Å². The number of benzene rings is 1. The molecule has 0 aliphatic heterocycles. The first-order valence-corrected chi connectivity index (χ1v) is 3.64. The summed E-state index contributed by atoms with van der Waals surface area (Å²) in [6.07, 6.45) is 0.0400. The average molecular weight is 198 g/mol. The Morgan fingerprint density at radius 2 is 2.00 bits per heavy atom. The number of carbonyl (C=O) groups is 2. The molecule has 1 aromatic carbocycles. The van der Waals surface area contributed by atoms with Gasteiger partial charge in [0.2, 0.25) is 6.41 Å². The van der Waals surface area contributed by atoms with Crippen molar-refractivity contribution in [3.8, 4) is 5.75 Å². The Morgan fingerprint density at radius 3 is 2.50 bits per heavy atom. The van der Waals surface area contributed by atoms with E-state index in [1.165, 1.54) is 29.7 Å². The molecule has 6 heteroatoms. The minimum atomic E-state index is -1.02. The first kappa shape index (κ1) is 9.97. The normalized spacial score (nSPS) is 9.21. The minimum absolute atomic E-state index is 0.0136. The molecule has 0 radical (unpaired) electrons. The van der Waals surface area contributed by atoms with Gasteiger partial charge in [-0.05, 0) is 24.3 Å². The Kier molecular flexibility index (Phi) is 3.01. The molecule has 0 atom stereocenters. The van der Waals surface area contributed by atoms with Gasteiger partial charge < -0.3 is 5.11 Å². The Morgan fingerprint density at radius 1 is 1.43 bits per heavy atom. The van der Waals surface area contributed by atoms with Gasteiger partial charge in [-0.2, -0.15) is 0 Å². The van der Waals surface area contributed by atoms with Crippen LogP contribution in [0.1, 0.15) is 10.4 Å². The summed E-state index contributed by atoms with van der Waals surface area (Å²) >= 11 is 0. The number of hydrogen-bond donors (Lipinski definition) is 2. The highest BCUT2D eigenvalue weighted by Gasteiger charge is 2.14. The van der Waals surface area contributed by atoms with Gasteiger partial charge in [0.25, 0.3) is 0 Å². The van der Waals surface area contributed by atoms with E-state index in [9.17, 15) is 14.1 Å². The van der Waals surface area contributed by atoms with E-state index in [4.69, 9.17) is 5.11 Å². The predicted octanol–water partition coefficient (Wildman–Crippen LogP) is 0.380. The minimum Gasteiger partial charge on any atom is -0.508 e. The van der Waals surface area contributed by atoms with Crippen molar-refractivity contribution in [1.82, 2.24) is 10.7 Å². The zero-order valence-corrected chi connectivity index (χ0v) is 6.98. The molecule has 0 saturated heterocycles. The molecule has 0 spiro atoms. The van der Waals surface area contributed by atoms with E-state index in [1.54, 1.807) is 0 Å². The highest BCUT2D eigenvalue weighted by molar-refractivity contribution is 5.93. The topological polar surface area (TPSA) is 69.6 Å². The number of halogens is 1. The third kappa shape index (κ3) is 2.19. The number of carbonyl (C=O) groups excluding carboxylic acids is 2. The molecule has 0 aliphatic carbocycles. The lowest BCUT2D eigenvalue weighted by atomic mass is 10.2. The SMILES string of the molecule is O=CNN(F)C(=O)c1ccc(O)cc1. The molecule has 14 heavy (non-hydrogen) atoms. The summed E-state index contributed by atoms with van der Waals surface area (Å²) in [5.74, 6) is -1.05. The van der Waals surface area contributed by atoms with Crippen LogP contribution in [0.3, 0.4) is 0 Å². The van der Waals surface area contributed by atoms with Crippen molar-refractivity contribution in [3.63, 3.8) is 0 Å². The summed E-state index contributed by atoms with van der Waals surface area (Å²) in [5.41, 5.74) is 1.55. The number of amides is 2. The Labute approximate surface area is 78.7 Å². The second-order valence-corrected chi connectivity index (χ2v) is 2.38. The molecule has 0 aromatic heterocycles. The summed E-state index contributed by atoms with van der Waals surface area (Å²) in [6, 6.07) is 4.94. The lowest BCUT2D eigenvalue weighted by molar-refractivity contribution is -0.118. The van der Waals surface area contributed by atoms with E-state index in [2.05, 4.69) is 0 Å². The molecule has 0 aliphatic rings. The van der Waals surface area contributed by atoms with E-state index < -0.39 is 11.1 Å². The zero-order valence-electron chi connectivity index (χ0n) is 6.98. The van der Waals surface area contributed by atoms with Crippen molar-refractivity contribution in [1.29, 1.82) is 0 Å². The maximum Gasteiger partial charge on any atom is 0.302 e. The maximum absolute atomic E-state index is 12.7. The molecular formula is C8H7FN2O3. The van der Waals surface area contributed by atoms with Gasteiger partial charge in [-0.15, -0.1) is 0 Å². The summed E-state index contributed by atoms with van der Waals surface area (Å²) in [6.45, 7) is 0. The predicted molar refractivity (Wildman–Crippen MR) is 44.6 cm³/mol. The number of phenolic OH excluding ortho intramolecular Hbond substituents is 1. The molecule has 0 bridgehead atoms. The zero-order chi connectivity index (χ0) is 10.6. The molecule has 0 heterocycles. The van der Waals surface area contributed by atoms with Gasteiger partial charge in [-0.3, -0.25) is 9.59 Å². The van der Waals surface area contributed by atoms with E-state index >= 15 is 0 Å². The highest BCUT2D eigenvalue weighted by Crippen LogP contribution is 2.10. The molecule has 5 nitrogen and oxygen atoms in total. The second-order valence-electron chi connectivity index (χ2n) is 2.38. The smallest absolute Gasteiger partial charge is 0.302 e. The third-order valence-corrected chi connectivity index (χ3v) is 1.46. The first-order valence-electron chi connectivity index (χ1n) is 3.64. The van der Waals surface area contributed by atoms with Crippen LogP contribution in [0.2, 0.25) is 0 Å². The van der Waals surface area contributed by atoms with Crippen molar-refractivity contribution in [2.24, 2.45) is 0 Å². The molecule has 2 amide bonds. The monoisotopic (exact) mass is 198 g/mol. The largest absolute Gasteiger partial charge is 0.508 e. The molecule has 1 aromatic rings. The quantitative estimate of drug-likeness (QED) is 0.419. The third-order valence-electron chi connectivity index (χ3n) is 1.46. The van der Waals surface area contributed by atoms with Crippen molar-refractivity contribution in [2.75, 3.05) is 0 Å². The van der Waals surface area contributed by atoms with Gasteiger partial charge in [0, 0.05) is 5.56 Å². The number of rotatable bonds is 3. The van der Waals surface area contributed by atoms with Crippen LogP contribution >= 0.6 is 0 Å². The van der Waals surface area contributed by atoms with Crippen LogP contribution in [-0.4, -0.2) is 22.7 Å². The Hall–Kier alpha value is -2.11. The molecule has 2 N–H and O–H groups in total. The van der Waals surface area contributed by atoms with Crippen molar-refractivity contribution in [2.45, 2.75) is 0 Å². The van der Waals surface area contributed by atoms with Gasteiger partial charge in [0.15, 0.2) is 0 Å². The van der Waals surface area contributed by atoms with Crippen molar-refractivity contribution >= 4 is 12.3 Å². The molecular weight excluding hydrogens is 191 g/mol. The Balaban J connectivity index is 2.78. The number of hydrazine groups is 1. The van der Waals surface area contributed by atoms with Crippen molar-refractivity contribution in [3.05, 3.63) is 29.8 Å². The lowest BCUT2D eigenvalue weighted by Gasteiger charge is -2.08. The van der Waals surface area contributed by atoms with Crippen LogP contribution in [-0.2, 0) is 4.79 Å². The Bertz CT molecular complexity index is 339. The van der Waals surface area contributed by atoms with Gasteiger partial charge in [0.1, 0.15) is 5.75 Å². The second kappa shape index (κ2) is 4.22. The van der Waals surface area contributed by atoms with E-state index in [0.717, 1.165) is 0 Å². The van der Waals surface area contributed by atoms with E-state index in [-0.39, 0.29) is 17.7 Å².